The number of hydrogen-bond acceptors (Lipinski definition) is 7. The summed E-state index contributed by atoms with van der Waals surface area (Å²) in [4.78, 5) is 39.2. The topological polar surface area (TPSA) is 129 Å². The number of carbonyl (C=O) groups excluding carboxylic acids is 1. The molecule has 3 N–H and O–H groups in total. The summed E-state index contributed by atoms with van der Waals surface area (Å²) >= 11 is 0. The van der Waals surface area contributed by atoms with Crippen molar-refractivity contribution in [2.45, 2.75) is 31.7 Å². The van der Waals surface area contributed by atoms with Crippen molar-refractivity contribution >= 4 is 45.2 Å². The second-order valence-corrected chi connectivity index (χ2v) is 11.1. The number of aromatic nitrogens is 3. The second kappa shape index (κ2) is 11.5. The molecule has 214 valence electrons. The van der Waals surface area contributed by atoms with Gasteiger partial charge in [-0.3, -0.25) is 14.9 Å². The van der Waals surface area contributed by atoms with Crippen LogP contribution in [0.3, 0.4) is 0 Å². The number of nitro benzene ring substituents is 1. The molecule has 2 heterocycles. The van der Waals surface area contributed by atoms with Crippen molar-refractivity contribution in [3.05, 3.63) is 88.6 Å². The van der Waals surface area contributed by atoms with Crippen LogP contribution in [-0.2, 0) is 0 Å². The third kappa shape index (κ3) is 5.47. The Kier molecular flexibility index (Phi) is 7.43. The molecular weight excluding hydrogens is 530 g/mol. The van der Waals surface area contributed by atoms with Crippen LogP contribution >= 0.6 is 0 Å². The van der Waals surface area contributed by atoms with Gasteiger partial charge in [-0.25, -0.2) is 4.98 Å². The van der Waals surface area contributed by atoms with Gasteiger partial charge in [0, 0.05) is 60.7 Å². The Balaban J connectivity index is 1.12. The Morgan fingerprint density at radius 3 is 2.45 bits per heavy atom. The smallest absolute Gasteiger partial charge is 0.270 e. The van der Waals surface area contributed by atoms with E-state index in [2.05, 4.69) is 15.6 Å². The second-order valence-electron chi connectivity index (χ2n) is 11.1. The molecule has 0 unspecified atom stereocenters. The minimum absolute atomic E-state index is 0.0111. The van der Waals surface area contributed by atoms with Gasteiger partial charge in [0.2, 0.25) is 5.95 Å². The van der Waals surface area contributed by atoms with E-state index in [1.807, 2.05) is 73.6 Å². The molecule has 10 nitrogen and oxygen atoms in total. The van der Waals surface area contributed by atoms with Gasteiger partial charge in [-0.05, 0) is 55.4 Å². The van der Waals surface area contributed by atoms with E-state index in [9.17, 15) is 14.9 Å². The number of anilines is 2. The van der Waals surface area contributed by atoms with Crippen LogP contribution in [0.25, 0.3) is 32.9 Å². The highest BCUT2D eigenvalue weighted by molar-refractivity contribution is 6.10. The molecule has 5 aromatic rings. The molecule has 0 saturated heterocycles. The van der Waals surface area contributed by atoms with E-state index in [0.717, 1.165) is 48.0 Å². The van der Waals surface area contributed by atoms with Gasteiger partial charge < -0.3 is 20.5 Å². The van der Waals surface area contributed by atoms with Crippen LogP contribution in [0.1, 0.15) is 36.2 Å². The van der Waals surface area contributed by atoms with E-state index in [1.165, 1.54) is 12.1 Å². The highest BCUT2D eigenvalue weighted by Crippen LogP contribution is 2.35. The lowest BCUT2D eigenvalue weighted by Gasteiger charge is -2.29. The van der Waals surface area contributed by atoms with Crippen molar-refractivity contribution in [3.8, 4) is 11.1 Å². The van der Waals surface area contributed by atoms with Gasteiger partial charge >= 0.3 is 0 Å². The molecular formula is C32H33N7O3. The number of nitrogens with zero attached hydrogens (tertiary/aromatic N) is 4. The first-order chi connectivity index (χ1) is 20.4. The molecule has 1 saturated carbocycles. The van der Waals surface area contributed by atoms with Gasteiger partial charge in [0.1, 0.15) is 11.5 Å². The lowest BCUT2D eigenvalue weighted by molar-refractivity contribution is -0.384. The van der Waals surface area contributed by atoms with Crippen LogP contribution in [0.15, 0.2) is 72.8 Å². The number of rotatable bonds is 8. The quantitative estimate of drug-likeness (QED) is 0.152. The Morgan fingerprint density at radius 2 is 1.71 bits per heavy atom. The number of para-hydroxylation sites is 1. The first-order valence-corrected chi connectivity index (χ1v) is 14.2. The first kappa shape index (κ1) is 27.2. The molecule has 1 aliphatic rings. The van der Waals surface area contributed by atoms with Gasteiger partial charge in [0.15, 0.2) is 0 Å². The summed E-state index contributed by atoms with van der Waals surface area (Å²) in [6, 6.07) is 22.4. The van der Waals surface area contributed by atoms with Crippen molar-refractivity contribution in [2.75, 3.05) is 30.9 Å². The SMILES string of the molecule is CN(C)c1nc(NC2CCC(CNC(=O)c3[nH]c4ccc([N+](=O)[O-])cc4c3-c3ccccc3)CC2)nc2ccccc12. The lowest BCUT2D eigenvalue weighted by Crippen LogP contribution is -2.34. The van der Waals surface area contributed by atoms with E-state index in [1.54, 1.807) is 6.07 Å². The maximum Gasteiger partial charge on any atom is 0.270 e. The molecule has 3 aromatic carbocycles. The summed E-state index contributed by atoms with van der Waals surface area (Å²) in [5.41, 5.74) is 3.50. The highest BCUT2D eigenvalue weighted by atomic mass is 16.6. The summed E-state index contributed by atoms with van der Waals surface area (Å²) in [5.74, 6) is 1.67. The number of nitrogens with one attached hydrogen (secondary N) is 3. The number of carbonyl (C=O) groups is 1. The fourth-order valence-corrected chi connectivity index (χ4v) is 5.85. The van der Waals surface area contributed by atoms with Crippen molar-refractivity contribution in [2.24, 2.45) is 5.92 Å². The predicted molar refractivity (Wildman–Crippen MR) is 166 cm³/mol. The molecule has 1 fully saturated rings. The summed E-state index contributed by atoms with van der Waals surface area (Å²) < 4.78 is 0. The molecule has 0 spiro atoms. The number of H-pyrrole nitrogens is 1. The molecule has 0 aliphatic heterocycles. The summed E-state index contributed by atoms with van der Waals surface area (Å²) in [6.07, 6.45) is 3.85. The Labute approximate surface area is 243 Å². The van der Waals surface area contributed by atoms with Crippen LogP contribution in [0.2, 0.25) is 0 Å². The van der Waals surface area contributed by atoms with Crippen LogP contribution in [0, 0.1) is 16.0 Å². The van der Waals surface area contributed by atoms with Crippen LogP contribution < -0.4 is 15.5 Å². The lowest BCUT2D eigenvalue weighted by atomic mass is 9.86. The summed E-state index contributed by atoms with van der Waals surface area (Å²) in [6.45, 7) is 0.562. The molecule has 1 amide bonds. The number of aromatic amines is 1. The van der Waals surface area contributed by atoms with Gasteiger partial charge in [0.25, 0.3) is 11.6 Å². The van der Waals surface area contributed by atoms with Crippen LogP contribution in [0.5, 0.6) is 0 Å². The number of benzene rings is 3. The molecule has 2 aromatic heterocycles. The van der Waals surface area contributed by atoms with Gasteiger partial charge in [-0.1, -0.05) is 42.5 Å². The van der Waals surface area contributed by atoms with Gasteiger partial charge in [-0.2, -0.15) is 4.98 Å². The Morgan fingerprint density at radius 1 is 0.976 bits per heavy atom. The molecule has 0 bridgehead atoms. The standard InChI is InChI=1S/C32H33N7O3/c1-38(2)30-24-10-6-7-11-26(24)36-32(37-30)34-22-14-12-20(13-15-22)19-33-31(40)29-28(21-8-4-3-5-9-21)25-18-23(39(41)42)16-17-27(25)35-29/h3-11,16-18,20,22,35H,12-15,19H2,1-2H3,(H,33,40)(H,34,36,37). The number of hydrogen-bond donors (Lipinski definition) is 3. The average Bonchev–Trinajstić information content (AvgIpc) is 3.39. The minimum Gasteiger partial charge on any atom is -0.362 e. The van der Waals surface area contributed by atoms with E-state index in [-0.39, 0.29) is 17.6 Å². The highest BCUT2D eigenvalue weighted by Gasteiger charge is 2.25. The zero-order valence-electron chi connectivity index (χ0n) is 23.6. The fraction of sp³-hybridized carbons (Fsp3) is 0.281. The van der Waals surface area contributed by atoms with Crippen molar-refractivity contribution in [1.29, 1.82) is 0 Å². The predicted octanol–water partition coefficient (Wildman–Crippen LogP) is 6.15. The number of nitro groups is 1. The van der Waals surface area contributed by atoms with Crippen LogP contribution in [0.4, 0.5) is 17.5 Å². The number of amides is 1. The third-order valence-electron chi connectivity index (χ3n) is 8.02. The Bertz CT molecular complexity index is 1760. The zero-order valence-corrected chi connectivity index (χ0v) is 23.6. The zero-order chi connectivity index (χ0) is 29.2. The number of non-ortho nitro benzene ring substituents is 1. The van der Waals surface area contributed by atoms with Gasteiger partial charge in [0.05, 0.1) is 10.4 Å². The molecule has 6 rings (SSSR count). The van der Waals surface area contributed by atoms with E-state index in [4.69, 9.17) is 9.97 Å². The van der Waals surface area contributed by atoms with Crippen molar-refractivity contribution in [1.82, 2.24) is 20.3 Å². The average molecular weight is 564 g/mol. The molecule has 0 radical (unpaired) electrons. The number of fused-ring (bicyclic) bond motifs is 2. The fourth-order valence-electron chi connectivity index (χ4n) is 5.85. The first-order valence-electron chi connectivity index (χ1n) is 14.2. The molecule has 10 heteroatoms. The maximum atomic E-state index is 13.5. The molecule has 1 aliphatic carbocycles. The molecule has 42 heavy (non-hydrogen) atoms. The van der Waals surface area contributed by atoms with E-state index in [0.29, 0.717) is 40.6 Å². The maximum absolute atomic E-state index is 13.5. The normalized spacial score (nSPS) is 16.8. The van der Waals surface area contributed by atoms with E-state index >= 15 is 0 Å². The monoisotopic (exact) mass is 563 g/mol. The third-order valence-corrected chi connectivity index (χ3v) is 8.02. The van der Waals surface area contributed by atoms with Crippen LogP contribution in [-0.4, -0.2) is 52.5 Å². The minimum atomic E-state index is -0.417. The summed E-state index contributed by atoms with van der Waals surface area (Å²) in [7, 11) is 3.97. The largest absolute Gasteiger partial charge is 0.362 e. The van der Waals surface area contributed by atoms with E-state index < -0.39 is 4.92 Å². The van der Waals surface area contributed by atoms with Crippen molar-refractivity contribution in [3.63, 3.8) is 0 Å². The van der Waals surface area contributed by atoms with Gasteiger partial charge in [-0.15, -0.1) is 0 Å². The summed E-state index contributed by atoms with van der Waals surface area (Å²) in [5, 5.41) is 19.8. The molecule has 0 atom stereocenters. The van der Waals surface area contributed by atoms with Crippen molar-refractivity contribution < 1.29 is 9.72 Å². The Hall–Kier alpha value is -4.99.